The van der Waals surface area contributed by atoms with Crippen molar-refractivity contribution in [3.8, 4) is 16.1 Å². The van der Waals surface area contributed by atoms with Crippen LogP contribution in [0.3, 0.4) is 0 Å². The van der Waals surface area contributed by atoms with Gasteiger partial charge in [-0.15, -0.1) is 27.8 Å². The number of aryl methyl sites for hydroxylation is 1. The van der Waals surface area contributed by atoms with Crippen molar-refractivity contribution in [3.63, 3.8) is 0 Å². The van der Waals surface area contributed by atoms with Crippen LogP contribution in [0.25, 0.3) is 26.3 Å². The fourth-order valence-corrected chi connectivity index (χ4v) is 6.08. The average molecular weight is 467 g/mol. The van der Waals surface area contributed by atoms with Crippen LogP contribution >= 0.6 is 34.4 Å². The molecule has 4 heterocycles. The van der Waals surface area contributed by atoms with Gasteiger partial charge in [0.15, 0.2) is 11.0 Å². The maximum atomic E-state index is 13.7. The van der Waals surface area contributed by atoms with Crippen LogP contribution in [0.15, 0.2) is 63.2 Å². The van der Waals surface area contributed by atoms with Crippen molar-refractivity contribution >= 4 is 44.7 Å². The first kappa shape index (κ1) is 20.1. The van der Waals surface area contributed by atoms with Crippen LogP contribution < -0.4 is 5.56 Å². The molecular formula is C21H18N6OS3. The van der Waals surface area contributed by atoms with Gasteiger partial charge in [0.25, 0.3) is 5.56 Å². The number of tetrazole rings is 1. The zero-order valence-corrected chi connectivity index (χ0v) is 19.1. The SMILES string of the molecule is CCCn1nnnc1CSc1nc2scc(-c3cccs3)c2c(=O)n1-c1ccccc1. The average Bonchev–Trinajstić information content (AvgIpc) is 3.54. The number of thioether (sulfide) groups is 1. The van der Waals surface area contributed by atoms with Gasteiger partial charge in [-0.3, -0.25) is 9.36 Å². The first-order valence-corrected chi connectivity index (χ1v) is 12.5. The predicted octanol–water partition coefficient (Wildman–Crippen LogP) is 4.86. The largest absolute Gasteiger partial charge is 0.268 e. The number of aromatic nitrogens is 6. The number of fused-ring (bicyclic) bond motifs is 1. The molecule has 0 radical (unpaired) electrons. The minimum Gasteiger partial charge on any atom is -0.268 e. The third kappa shape index (κ3) is 3.82. The van der Waals surface area contributed by atoms with Gasteiger partial charge in [0.1, 0.15) is 4.83 Å². The molecule has 10 heteroatoms. The lowest BCUT2D eigenvalue weighted by Crippen LogP contribution is -2.21. The van der Waals surface area contributed by atoms with E-state index in [1.54, 1.807) is 20.6 Å². The summed E-state index contributed by atoms with van der Waals surface area (Å²) in [5, 5.41) is 17.3. The Balaban J connectivity index is 1.63. The van der Waals surface area contributed by atoms with Crippen molar-refractivity contribution in [2.75, 3.05) is 0 Å². The van der Waals surface area contributed by atoms with E-state index in [1.807, 2.05) is 53.2 Å². The molecule has 0 unspecified atom stereocenters. The summed E-state index contributed by atoms with van der Waals surface area (Å²) < 4.78 is 3.50. The van der Waals surface area contributed by atoms with Crippen molar-refractivity contribution in [2.45, 2.75) is 30.8 Å². The third-order valence-electron chi connectivity index (χ3n) is 4.75. The van der Waals surface area contributed by atoms with E-state index in [-0.39, 0.29) is 5.56 Å². The van der Waals surface area contributed by atoms with Crippen LogP contribution in [0.2, 0.25) is 0 Å². The highest BCUT2D eigenvalue weighted by atomic mass is 32.2. The van der Waals surface area contributed by atoms with E-state index in [0.717, 1.165) is 39.7 Å². The van der Waals surface area contributed by atoms with E-state index in [2.05, 4.69) is 22.4 Å². The van der Waals surface area contributed by atoms with Crippen LogP contribution in [0.4, 0.5) is 0 Å². The predicted molar refractivity (Wildman–Crippen MR) is 126 cm³/mol. The Kier molecular flexibility index (Phi) is 5.66. The molecule has 0 aliphatic carbocycles. The molecule has 5 aromatic rings. The van der Waals surface area contributed by atoms with Gasteiger partial charge < -0.3 is 0 Å². The standard InChI is InChI=1S/C21H18N6OS3/c1-2-10-26-17(23-24-25-26)13-31-21-22-19-18(15(12-30-19)16-9-6-11-29-16)20(28)27(21)14-7-4-3-5-8-14/h3-9,11-12H,2,10,13H2,1H3. The van der Waals surface area contributed by atoms with Gasteiger partial charge in [-0.05, 0) is 40.4 Å². The van der Waals surface area contributed by atoms with E-state index in [4.69, 9.17) is 4.98 Å². The number of thiophene rings is 2. The zero-order valence-electron chi connectivity index (χ0n) is 16.6. The normalized spacial score (nSPS) is 11.4. The van der Waals surface area contributed by atoms with Gasteiger partial charge in [-0.2, -0.15) is 0 Å². The van der Waals surface area contributed by atoms with Gasteiger partial charge in [0.2, 0.25) is 0 Å². The number of hydrogen-bond donors (Lipinski definition) is 0. The molecule has 31 heavy (non-hydrogen) atoms. The molecule has 0 N–H and O–H groups in total. The van der Waals surface area contributed by atoms with Crippen molar-refractivity contribution in [1.29, 1.82) is 0 Å². The lowest BCUT2D eigenvalue weighted by molar-refractivity contribution is 0.564. The summed E-state index contributed by atoms with van der Waals surface area (Å²) in [4.78, 5) is 20.4. The highest BCUT2D eigenvalue weighted by Crippen LogP contribution is 2.35. The summed E-state index contributed by atoms with van der Waals surface area (Å²) in [6.07, 6.45) is 0.947. The minimum absolute atomic E-state index is 0.0588. The third-order valence-corrected chi connectivity index (χ3v) is 7.46. The second-order valence-electron chi connectivity index (χ2n) is 6.78. The molecule has 0 spiro atoms. The van der Waals surface area contributed by atoms with Crippen LogP contribution in [0, 0.1) is 0 Å². The molecule has 0 saturated heterocycles. The second-order valence-corrected chi connectivity index (χ2v) is 9.53. The van der Waals surface area contributed by atoms with Crippen LogP contribution in [0.1, 0.15) is 19.2 Å². The zero-order chi connectivity index (χ0) is 21.2. The molecule has 0 saturated carbocycles. The summed E-state index contributed by atoms with van der Waals surface area (Å²) in [6, 6.07) is 13.7. The number of nitrogens with zero attached hydrogens (tertiary/aromatic N) is 6. The lowest BCUT2D eigenvalue weighted by atomic mass is 10.2. The maximum Gasteiger partial charge on any atom is 0.268 e. The number of rotatable bonds is 7. The van der Waals surface area contributed by atoms with E-state index in [9.17, 15) is 4.79 Å². The van der Waals surface area contributed by atoms with Crippen molar-refractivity contribution in [3.05, 3.63) is 69.4 Å². The molecule has 0 aliphatic heterocycles. The van der Waals surface area contributed by atoms with Crippen LogP contribution in [-0.4, -0.2) is 29.8 Å². The van der Waals surface area contributed by atoms with E-state index >= 15 is 0 Å². The van der Waals surface area contributed by atoms with Gasteiger partial charge in [-0.1, -0.05) is 43.0 Å². The molecular weight excluding hydrogens is 448 g/mol. The molecule has 1 aromatic carbocycles. The van der Waals surface area contributed by atoms with Gasteiger partial charge in [0.05, 0.1) is 16.8 Å². The van der Waals surface area contributed by atoms with Crippen molar-refractivity contribution in [1.82, 2.24) is 29.8 Å². The molecule has 7 nitrogen and oxygen atoms in total. The molecule has 0 bridgehead atoms. The quantitative estimate of drug-likeness (QED) is 0.252. The molecule has 0 amide bonds. The first-order valence-electron chi connectivity index (χ1n) is 9.77. The summed E-state index contributed by atoms with van der Waals surface area (Å²) in [6.45, 7) is 2.85. The highest BCUT2D eigenvalue weighted by Gasteiger charge is 2.19. The van der Waals surface area contributed by atoms with Gasteiger partial charge >= 0.3 is 0 Å². The lowest BCUT2D eigenvalue weighted by Gasteiger charge is -2.12. The fourth-order valence-electron chi connectivity index (χ4n) is 3.33. The Morgan fingerprint density at radius 2 is 1.97 bits per heavy atom. The summed E-state index contributed by atoms with van der Waals surface area (Å²) in [7, 11) is 0. The Morgan fingerprint density at radius 1 is 1.10 bits per heavy atom. The Labute approximate surface area is 190 Å². The Hall–Kier alpha value is -2.82. The monoisotopic (exact) mass is 466 g/mol. The topological polar surface area (TPSA) is 78.5 Å². The fraction of sp³-hybridized carbons (Fsp3) is 0.190. The molecule has 5 rings (SSSR count). The van der Waals surface area contributed by atoms with Crippen LogP contribution in [0.5, 0.6) is 0 Å². The number of hydrogen-bond acceptors (Lipinski definition) is 8. The van der Waals surface area contributed by atoms with Gasteiger partial charge in [0, 0.05) is 22.4 Å². The Bertz CT molecular complexity index is 1370. The maximum absolute atomic E-state index is 13.7. The van der Waals surface area contributed by atoms with Gasteiger partial charge in [-0.25, -0.2) is 9.67 Å². The highest BCUT2D eigenvalue weighted by molar-refractivity contribution is 7.98. The summed E-state index contributed by atoms with van der Waals surface area (Å²) in [5.74, 6) is 1.30. The molecule has 0 aliphatic rings. The molecule has 0 atom stereocenters. The second kappa shape index (κ2) is 8.74. The smallest absolute Gasteiger partial charge is 0.268 e. The molecule has 4 aromatic heterocycles. The Morgan fingerprint density at radius 3 is 2.74 bits per heavy atom. The number of para-hydroxylation sites is 1. The van der Waals surface area contributed by atoms with E-state index in [1.165, 1.54) is 23.1 Å². The van der Waals surface area contributed by atoms with Crippen LogP contribution in [-0.2, 0) is 12.3 Å². The van der Waals surface area contributed by atoms with Crippen molar-refractivity contribution in [2.24, 2.45) is 0 Å². The minimum atomic E-state index is -0.0588. The van der Waals surface area contributed by atoms with Crippen molar-refractivity contribution < 1.29 is 0 Å². The first-order chi connectivity index (χ1) is 15.3. The van der Waals surface area contributed by atoms with E-state index in [0.29, 0.717) is 16.3 Å². The molecule has 0 fully saturated rings. The number of benzene rings is 1. The summed E-state index contributed by atoms with van der Waals surface area (Å²) >= 11 is 4.60. The van der Waals surface area contributed by atoms with E-state index < -0.39 is 0 Å². The summed E-state index contributed by atoms with van der Waals surface area (Å²) in [5.41, 5.74) is 1.68. The molecule has 156 valence electrons.